The van der Waals surface area contributed by atoms with Gasteiger partial charge < -0.3 is 15.5 Å². The monoisotopic (exact) mass is 241 g/mol. The molecule has 100 valence electrons. The van der Waals surface area contributed by atoms with E-state index in [-0.39, 0.29) is 11.3 Å². The lowest BCUT2D eigenvalue weighted by Crippen LogP contribution is -2.50. The number of likely N-dealkylation sites (tertiary alicyclic amines) is 1. The lowest BCUT2D eigenvalue weighted by atomic mass is 9.86. The van der Waals surface area contributed by atoms with Gasteiger partial charge in [-0.3, -0.25) is 4.79 Å². The zero-order valence-electron chi connectivity index (χ0n) is 12.0. The lowest BCUT2D eigenvalue weighted by molar-refractivity contribution is -0.134. The summed E-state index contributed by atoms with van der Waals surface area (Å²) in [6.45, 7) is 9.86. The Bertz CT molecular complexity index is 283. The largest absolute Gasteiger partial charge is 0.339 e. The fraction of sp³-hybridized carbons (Fsp3) is 0.923. The highest BCUT2D eigenvalue weighted by Crippen LogP contribution is 2.24. The van der Waals surface area contributed by atoms with Crippen LogP contribution in [-0.4, -0.2) is 55.0 Å². The number of rotatable bonds is 2. The van der Waals surface area contributed by atoms with Crippen molar-refractivity contribution in [3.8, 4) is 0 Å². The van der Waals surface area contributed by atoms with Gasteiger partial charge in [0.15, 0.2) is 0 Å². The molecule has 0 spiro atoms. The molecule has 3 atom stereocenters. The maximum absolute atomic E-state index is 12.3. The minimum absolute atomic E-state index is 0.0914. The fourth-order valence-corrected chi connectivity index (χ4v) is 2.37. The summed E-state index contributed by atoms with van der Waals surface area (Å²) in [5.74, 6) is 0.606. The Labute approximate surface area is 105 Å². The van der Waals surface area contributed by atoms with Crippen LogP contribution in [-0.2, 0) is 4.79 Å². The van der Waals surface area contributed by atoms with Crippen LogP contribution in [0.3, 0.4) is 0 Å². The highest BCUT2D eigenvalue weighted by atomic mass is 16.2. The molecule has 0 saturated carbocycles. The second-order valence-corrected chi connectivity index (χ2v) is 6.60. The van der Waals surface area contributed by atoms with Crippen LogP contribution in [0.1, 0.15) is 27.7 Å². The Balaban J connectivity index is 2.68. The second kappa shape index (κ2) is 4.94. The van der Waals surface area contributed by atoms with Gasteiger partial charge in [0.05, 0.1) is 6.04 Å². The predicted octanol–water partition coefficient (Wildman–Crippen LogP) is 0.768. The van der Waals surface area contributed by atoms with Crippen molar-refractivity contribution in [2.24, 2.45) is 17.1 Å². The molecule has 1 saturated heterocycles. The summed E-state index contributed by atoms with van der Waals surface area (Å²) in [4.78, 5) is 16.4. The molecule has 1 amide bonds. The number of nitrogens with two attached hydrogens (primary N) is 1. The molecular formula is C13H27N3O. The van der Waals surface area contributed by atoms with Crippen LogP contribution in [0.25, 0.3) is 0 Å². The molecule has 4 nitrogen and oxygen atoms in total. The van der Waals surface area contributed by atoms with Crippen LogP contribution < -0.4 is 5.73 Å². The summed E-state index contributed by atoms with van der Waals surface area (Å²) >= 11 is 0. The van der Waals surface area contributed by atoms with E-state index >= 15 is 0 Å². The molecular weight excluding hydrogens is 214 g/mol. The van der Waals surface area contributed by atoms with Gasteiger partial charge in [-0.2, -0.15) is 0 Å². The number of carbonyl (C=O) groups excluding carboxylic acids is 1. The molecule has 4 heteroatoms. The first-order valence-corrected chi connectivity index (χ1v) is 6.35. The highest BCUT2D eigenvalue weighted by Gasteiger charge is 2.38. The quantitative estimate of drug-likeness (QED) is 0.777. The third-order valence-corrected chi connectivity index (χ3v) is 3.75. The number of likely N-dealkylation sites (N-methyl/N-ethyl adjacent to an activating group) is 1. The molecule has 1 heterocycles. The van der Waals surface area contributed by atoms with Crippen molar-refractivity contribution in [3.63, 3.8) is 0 Å². The molecule has 1 fully saturated rings. The summed E-state index contributed by atoms with van der Waals surface area (Å²) < 4.78 is 0. The number of hydrogen-bond acceptors (Lipinski definition) is 3. The average molecular weight is 241 g/mol. The van der Waals surface area contributed by atoms with Crippen molar-refractivity contribution >= 4 is 5.91 Å². The van der Waals surface area contributed by atoms with Crippen LogP contribution in [0.4, 0.5) is 0 Å². The standard InChI is InChI=1S/C13H27N3O/c1-9-7-16(8-10(9)15(5)6)12(17)11(14)13(2,3)4/h9-11H,7-8,14H2,1-6H3/t9?,10?,11-/m0/s1. The van der Waals surface area contributed by atoms with E-state index in [1.54, 1.807) is 0 Å². The van der Waals surface area contributed by atoms with Crippen molar-refractivity contribution in [1.82, 2.24) is 9.80 Å². The molecule has 0 radical (unpaired) electrons. The van der Waals surface area contributed by atoms with E-state index < -0.39 is 6.04 Å². The fourth-order valence-electron chi connectivity index (χ4n) is 2.37. The molecule has 1 rings (SSSR count). The van der Waals surface area contributed by atoms with Crippen LogP contribution in [0, 0.1) is 11.3 Å². The van der Waals surface area contributed by atoms with Gasteiger partial charge in [0.25, 0.3) is 0 Å². The first-order valence-electron chi connectivity index (χ1n) is 6.35. The Kier molecular flexibility index (Phi) is 4.20. The van der Waals surface area contributed by atoms with Crippen molar-refractivity contribution in [2.75, 3.05) is 27.2 Å². The molecule has 2 unspecified atom stereocenters. The smallest absolute Gasteiger partial charge is 0.240 e. The first-order chi connectivity index (χ1) is 7.64. The maximum atomic E-state index is 12.3. The van der Waals surface area contributed by atoms with Gasteiger partial charge in [-0.1, -0.05) is 27.7 Å². The normalized spacial score (nSPS) is 27.6. The molecule has 17 heavy (non-hydrogen) atoms. The topological polar surface area (TPSA) is 49.6 Å². The number of carbonyl (C=O) groups is 1. The van der Waals surface area contributed by atoms with Crippen molar-refractivity contribution in [1.29, 1.82) is 0 Å². The number of nitrogens with zero attached hydrogens (tertiary/aromatic N) is 2. The lowest BCUT2D eigenvalue weighted by Gasteiger charge is -2.30. The van der Waals surface area contributed by atoms with Gasteiger partial charge in [-0.15, -0.1) is 0 Å². The summed E-state index contributed by atoms with van der Waals surface area (Å²) in [6.07, 6.45) is 0. The third kappa shape index (κ3) is 3.19. The SMILES string of the molecule is CC1CN(C(=O)[C@H](N)C(C)(C)C)CC1N(C)C. The summed E-state index contributed by atoms with van der Waals surface area (Å²) in [6, 6.07) is 0.0433. The molecule has 1 aliphatic rings. The Morgan fingerprint density at radius 1 is 1.35 bits per heavy atom. The zero-order valence-corrected chi connectivity index (χ0v) is 12.0. The third-order valence-electron chi connectivity index (χ3n) is 3.75. The molecule has 0 aliphatic carbocycles. The second-order valence-electron chi connectivity index (χ2n) is 6.60. The summed E-state index contributed by atoms with van der Waals surface area (Å²) in [5, 5.41) is 0. The Hall–Kier alpha value is -0.610. The Morgan fingerprint density at radius 2 is 1.88 bits per heavy atom. The van der Waals surface area contributed by atoms with E-state index in [9.17, 15) is 4.79 Å². The minimum Gasteiger partial charge on any atom is -0.339 e. The van der Waals surface area contributed by atoms with Crippen LogP contribution in [0.15, 0.2) is 0 Å². The Morgan fingerprint density at radius 3 is 2.24 bits per heavy atom. The summed E-state index contributed by atoms with van der Waals surface area (Å²) in [5.41, 5.74) is 5.87. The van der Waals surface area contributed by atoms with E-state index in [1.807, 2.05) is 25.7 Å². The molecule has 0 aromatic rings. The van der Waals surface area contributed by atoms with Gasteiger partial charge in [0.1, 0.15) is 0 Å². The van der Waals surface area contributed by atoms with Gasteiger partial charge >= 0.3 is 0 Å². The van der Waals surface area contributed by atoms with E-state index in [0.29, 0.717) is 12.0 Å². The molecule has 0 aromatic heterocycles. The average Bonchev–Trinajstić information content (AvgIpc) is 2.56. The number of amides is 1. The molecule has 0 bridgehead atoms. The van der Waals surface area contributed by atoms with Gasteiger partial charge in [-0.05, 0) is 25.4 Å². The van der Waals surface area contributed by atoms with Crippen molar-refractivity contribution in [2.45, 2.75) is 39.8 Å². The molecule has 0 aromatic carbocycles. The van der Waals surface area contributed by atoms with Crippen LogP contribution in [0.2, 0.25) is 0 Å². The van der Waals surface area contributed by atoms with Crippen LogP contribution in [0.5, 0.6) is 0 Å². The molecule has 2 N–H and O–H groups in total. The summed E-state index contributed by atoms with van der Waals surface area (Å²) in [7, 11) is 4.14. The van der Waals surface area contributed by atoms with E-state index in [0.717, 1.165) is 13.1 Å². The molecule has 1 aliphatic heterocycles. The zero-order chi connectivity index (χ0) is 13.4. The predicted molar refractivity (Wildman–Crippen MR) is 70.6 cm³/mol. The van der Waals surface area contributed by atoms with Crippen LogP contribution >= 0.6 is 0 Å². The van der Waals surface area contributed by atoms with Crippen molar-refractivity contribution in [3.05, 3.63) is 0 Å². The van der Waals surface area contributed by atoms with Gasteiger partial charge in [0, 0.05) is 19.1 Å². The number of hydrogen-bond donors (Lipinski definition) is 1. The van der Waals surface area contributed by atoms with E-state index in [1.165, 1.54) is 0 Å². The van der Waals surface area contributed by atoms with Crippen molar-refractivity contribution < 1.29 is 4.79 Å². The minimum atomic E-state index is -0.407. The first kappa shape index (κ1) is 14.5. The van der Waals surface area contributed by atoms with E-state index in [4.69, 9.17) is 5.73 Å². The van der Waals surface area contributed by atoms with E-state index in [2.05, 4.69) is 25.9 Å². The maximum Gasteiger partial charge on any atom is 0.240 e. The highest BCUT2D eigenvalue weighted by molar-refractivity contribution is 5.82. The van der Waals surface area contributed by atoms with Gasteiger partial charge in [0.2, 0.25) is 5.91 Å². The van der Waals surface area contributed by atoms with Gasteiger partial charge in [-0.25, -0.2) is 0 Å².